The van der Waals surface area contributed by atoms with Crippen LogP contribution in [0.5, 0.6) is 0 Å². The van der Waals surface area contributed by atoms with E-state index in [4.69, 9.17) is 0 Å². The molecule has 9 aromatic carbocycles. The fourth-order valence-electron chi connectivity index (χ4n) is 8.14. The molecule has 0 unspecified atom stereocenters. The molecule has 11 rings (SSSR count). The van der Waals surface area contributed by atoms with Crippen molar-refractivity contribution in [3.05, 3.63) is 152 Å². The average molecular weight is 600 g/mol. The fourth-order valence-corrected chi connectivity index (χ4v) is 9.26. The number of rotatable bonds is 2. The maximum Gasteiger partial charge on any atom is 0.0548 e. The Balaban J connectivity index is 1.32. The molecule has 2 heterocycles. The van der Waals surface area contributed by atoms with E-state index < -0.39 is 0 Å². The second kappa shape index (κ2) is 8.94. The summed E-state index contributed by atoms with van der Waals surface area (Å²) >= 11 is 1.89. The third kappa shape index (κ3) is 3.19. The first-order valence-electron chi connectivity index (χ1n) is 15.9. The molecule has 0 fully saturated rings. The van der Waals surface area contributed by atoms with Crippen LogP contribution in [0.1, 0.15) is 0 Å². The van der Waals surface area contributed by atoms with Crippen molar-refractivity contribution in [2.45, 2.75) is 0 Å². The Hall–Kier alpha value is -5.70. The lowest BCUT2D eigenvalue weighted by molar-refractivity contribution is 1.20. The predicted octanol–water partition coefficient (Wildman–Crippen LogP) is 12.9. The standard InChI is InChI=1S/C44H25NS/c1-2-11-31-26(7-1)8-6-13-32(31)30-19-22-37-35(25-30)43-38(23-24-40-44(43)34-12-3-4-14-39(34)46-40)45(37)36-21-18-29-16-15-27-9-5-10-28-17-20-33(36)42(29)41(27)28/h1-25H. The summed E-state index contributed by atoms with van der Waals surface area (Å²) in [7, 11) is 0. The molecule has 2 heteroatoms. The van der Waals surface area contributed by atoms with Crippen LogP contribution in [0.3, 0.4) is 0 Å². The Morgan fingerprint density at radius 1 is 0.370 bits per heavy atom. The van der Waals surface area contributed by atoms with Gasteiger partial charge < -0.3 is 4.57 Å². The highest BCUT2D eigenvalue weighted by Gasteiger charge is 2.21. The second-order valence-electron chi connectivity index (χ2n) is 12.5. The third-order valence-electron chi connectivity index (χ3n) is 10.1. The van der Waals surface area contributed by atoms with E-state index in [1.807, 2.05) is 11.3 Å². The van der Waals surface area contributed by atoms with Crippen molar-refractivity contribution in [3.8, 4) is 16.8 Å². The number of hydrogen-bond donors (Lipinski definition) is 0. The molecule has 46 heavy (non-hydrogen) atoms. The van der Waals surface area contributed by atoms with Gasteiger partial charge >= 0.3 is 0 Å². The minimum atomic E-state index is 1.22. The molecule has 0 N–H and O–H groups in total. The Bertz CT molecular complexity index is 3010. The van der Waals surface area contributed by atoms with Gasteiger partial charge in [0.05, 0.1) is 16.7 Å². The van der Waals surface area contributed by atoms with Crippen molar-refractivity contribution >= 4 is 96.4 Å². The lowest BCUT2D eigenvalue weighted by Crippen LogP contribution is -1.96. The van der Waals surface area contributed by atoms with Gasteiger partial charge in [0, 0.05) is 36.3 Å². The van der Waals surface area contributed by atoms with Crippen LogP contribution in [0.15, 0.2) is 152 Å². The van der Waals surface area contributed by atoms with Crippen molar-refractivity contribution in [2.24, 2.45) is 0 Å². The van der Waals surface area contributed by atoms with E-state index in [9.17, 15) is 0 Å². The van der Waals surface area contributed by atoms with Gasteiger partial charge in [-0.15, -0.1) is 11.3 Å². The second-order valence-corrected chi connectivity index (χ2v) is 13.5. The summed E-state index contributed by atoms with van der Waals surface area (Å²) in [4.78, 5) is 0. The van der Waals surface area contributed by atoms with E-state index in [1.165, 1.54) is 102 Å². The third-order valence-corrected chi connectivity index (χ3v) is 11.3. The summed E-state index contributed by atoms with van der Waals surface area (Å²) in [5, 5.41) is 15.7. The van der Waals surface area contributed by atoms with E-state index in [0.29, 0.717) is 0 Å². The molecular formula is C44H25NS. The normalized spacial score (nSPS) is 12.3. The Morgan fingerprint density at radius 3 is 1.98 bits per heavy atom. The van der Waals surface area contributed by atoms with E-state index in [0.717, 1.165) is 0 Å². The Morgan fingerprint density at radius 2 is 1.07 bits per heavy atom. The first-order chi connectivity index (χ1) is 22.8. The maximum absolute atomic E-state index is 2.52. The van der Waals surface area contributed by atoms with Crippen molar-refractivity contribution < 1.29 is 0 Å². The van der Waals surface area contributed by atoms with Crippen molar-refractivity contribution in [2.75, 3.05) is 0 Å². The SMILES string of the molecule is c1ccc2c(-c3ccc4c(c3)c3c5c(ccc3n4-c3ccc4ccc6cccc7ccc3c4c67)sc3ccccc35)cccc2c1. The van der Waals surface area contributed by atoms with Gasteiger partial charge in [0.15, 0.2) is 0 Å². The number of aromatic nitrogens is 1. The van der Waals surface area contributed by atoms with Crippen molar-refractivity contribution in [1.29, 1.82) is 0 Å². The number of thiophene rings is 1. The van der Waals surface area contributed by atoms with E-state index in [2.05, 4.69) is 156 Å². The summed E-state index contributed by atoms with van der Waals surface area (Å²) < 4.78 is 5.19. The monoisotopic (exact) mass is 599 g/mol. The highest BCUT2D eigenvalue weighted by molar-refractivity contribution is 7.26. The van der Waals surface area contributed by atoms with Crippen LogP contribution in [0, 0.1) is 0 Å². The lowest BCUT2D eigenvalue weighted by Gasteiger charge is -2.16. The van der Waals surface area contributed by atoms with Gasteiger partial charge in [-0.1, -0.05) is 115 Å². The van der Waals surface area contributed by atoms with Crippen LogP contribution in [0.4, 0.5) is 0 Å². The number of hydrogen-bond acceptors (Lipinski definition) is 1. The molecule has 0 aliphatic heterocycles. The van der Waals surface area contributed by atoms with Gasteiger partial charge in [0.25, 0.3) is 0 Å². The Kier molecular flexibility index (Phi) is 4.78. The average Bonchev–Trinajstić information content (AvgIpc) is 3.65. The summed E-state index contributed by atoms with van der Waals surface area (Å²) in [6.45, 7) is 0. The summed E-state index contributed by atoms with van der Waals surface area (Å²) in [6, 6.07) is 56.5. The Labute approximate surface area is 268 Å². The molecule has 0 radical (unpaired) electrons. The molecule has 0 aliphatic rings. The van der Waals surface area contributed by atoms with Crippen LogP contribution >= 0.6 is 11.3 Å². The summed E-state index contributed by atoms with van der Waals surface area (Å²) in [5.74, 6) is 0. The van der Waals surface area contributed by atoms with Gasteiger partial charge in [-0.2, -0.15) is 0 Å². The van der Waals surface area contributed by atoms with E-state index >= 15 is 0 Å². The summed E-state index contributed by atoms with van der Waals surface area (Å²) in [6.07, 6.45) is 0. The van der Waals surface area contributed by atoms with Crippen molar-refractivity contribution in [3.63, 3.8) is 0 Å². The molecule has 2 aromatic heterocycles. The van der Waals surface area contributed by atoms with Crippen LogP contribution in [0.25, 0.3) is 102 Å². The van der Waals surface area contributed by atoms with Crippen LogP contribution < -0.4 is 0 Å². The van der Waals surface area contributed by atoms with Gasteiger partial charge in [0.1, 0.15) is 0 Å². The van der Waals surface area contributed by atoms with Gasteiger partial charge in [-0.25, -0.2) is 0 Å². The van der Waals surface area contributed by atoms with Crippen molar-refractivity contribution in [1.82, 2.24) is 4.57 Å². The molecule has 0 aliphatic carbocycles. The topological polar surface area (TPSA) is 4.93 Å². The highest BCUT2D eigenvalue weighted by Crippen LogP contribution is 2.46. The first kappa shape index (κ1) is 24.6. The van der Waals surface area contributed by atoms with E-state index in [-0.39, 0.29) is 0 Å². The van der Waals surface area contributed by atoms with Crippen LogP contribution in [-0.4, -0.2) is 4.57 Å². The summed E-state index contributed by atoms with van der Waals surface area (Å²) in [5.41, 5.74) is 6.22. The molecule has 0 saturated heterocycles. The highest BCUT2D eigenvalue weighted by atomic mass is 32.1. The van der Waals surface area contributed by atoms with Gasteiger partial charge in [-0.3, -0.25) is 0 Å². The molecule has 0 spiro atoms. The zero-order valence-electron chi connectivity index (χ0n) is 24.8. The quantitative estimate of drug-likeness (QED) is 0.174. The fraction of sp³-hybridized carbons (Fsp3) is 0. The zero-order chi connectivity index (χ0) is 29.9. The minimum Gasteiger partial charge on any atom is -0.309 e. The largest absolute Gasteiger partial charge is 0.309 e. The van der Waals surface area contributed by atoms with Crippen LogP contribution in [-0.2, 0) is 0 Å². The zero-order valence-corrected chi connectivity index (χ0v) is 25.6. The number of nitrogens with zero attached hydrogens (tertiary/aromatic N) is 1. The number of benzene rings is 9. The predicted molar refractivity (Wildman–Crippen MR) is 200 cm³/mol. The molecule has 0 atom stereocenters. The van der Waals surface area contributed by atoms with Crippen LogP contribution in [0.2, 0.25) is 0 Å². The lowest BCUT2D eigenvalue weighted by atomic mass is 9.93. The molecule has 1 nitrogen and oxygen atoms in total. The molecule has 11 aromatic rings. The smallest absolute Gasteiger partial charge is 0.0548 e. The molecule has 0 saturated carbocycles. The van der Waals surface area contributed by atoms with Gasteiger partial charge in [-0.05, 0) is 85.2 Å². The molecule has 212 valence electrons. The first-order valence-corrected chi connectivity index (χ1v) is 16.7. The van der Waals surface area contributed by atoms with Gasteiger partial charge in [0.2, 0.25) is 0 Å². The molecule has 0 bridgehead atoms. The maximum atomic E-state index is 2.52. The number of fused-ring (bicyclic) bond motifs is 8. The van der Waals surface area contributed by atoms with E-state index in [1.54, 1.807) is 0 Å². The molecule has 0 amide bonds. The molecular weight excluding hydrogens is 575 g/mol. The minimum absolute atomic E-state index is 1.22.